The summed E-state index contributed by atoms with van der Waals surface area (Å²) < 4.78 is 54.9. The lowest BCUT2D eigenvalue weighted by molar-refractivity contribution is -0.135. The Balaban J connectivity index is 1.65. The van der Waals surface area contributed by atoms with Gasteiger partial charge in [0.15, 0.2) is 0 Å². The first-order valence-corrected chi connectivity index (χ1v) is 13.6. The van der Waals surface area contributed by atoms with Gasteiger partial charge in [-0.3, -0.25) is 4.79 Å². The molecule has 1 saturated heterocycles. The van der Waals surface area contributed by atoms with Gasteiger partial charge in [0, 0.05) is 26.2 Å². The van der Waals surface area contributed by atoms with Gasteiger partial charge in [-0.1, -0.05) is 62.4 Å². The maximum Gasteiger partial charge on any atom is 0.241 e. The zero-order valence-electron chi connectivity index (χ0n) is 18.2. The molecular formula is C22H29N3O5S2. The quantitative estimate of drug-likeness (QED) is 0.620. The highest BCUT2D eigenvalue weighted by molar-refractivity contribution is 7.89. The molecule has 8 nitrogen and oxygen atoms in total. The molecule has 1 atom stereocenters. The normalized spacial score (nSPS) is 16.8. The van der Waals surface area contributed by atoms with Crippen LogP contribution >= 0.6 is 0 Å². The van der Waals surface area contributed by atoms with Gasteiger partial charge in [0.2, 0.25) is 26.0 Å². The zero-order valence-corrected chi connectivity index (χ0v) is 19.8. The molecule has 3 rings (SSSR count). The van der Waals surface area contributed by atoms with Crippen LogP contribution in [0.3, 0.4) is 0 Å². The number of hydrogen-bond donors (Lipinski definition) is 1. The van der Waals surface area contributed by atoms with Gasteiger partial charge >= 0.3 is 0 Å². The van der Waals surface area contributed by atoms with E-state index < -0.39 is 26.1 Å². The second-order valence-electron chi connectivity index (χ2n) is 8.12. The molecule has 0 aromatic heterocycles. The van der Waals surface area contributed by atoms with Crippen molar-refractivity contribution in [2.24, 2.45) is 5.92 Å². The smallest absolute Gasteiger partial charge is 0.241 e. The largest absolute Gasteiger partial charge is 0.339 e. The van der Waals surface area contributed by atoms with Crippen molar-refractivity contribution < 1.29 is 21.6 Å². The number of carbonyl (C=O) groups excluding carboxylic acids is 1. The van der Waals surface area contributed by atoms with Crippen molar-refractivity contribution in [1.29, 1.82) is 0 Å². The minimum Gasteiger partial charge on any atom is -0.339 e. The number of amides is 1. The predicted molar refractivity (Wildman–Crippen MR) is 123 cm³/mol. The summed E-state index contributed by atoms with van der Waals surface area (Å²) in [5.41, 5.74) is 0.709. The van der Waals surface area contributed by atoms with E-state index in [0.29, 0.717) is 5.56 Å². The van der Waals surface area contributed by atoms with Crippen molar-refractivity contribution in [3.8, 4) is 0 Å². The lowest BCUT2D eigenvalue weighted by Crippen LogP contribution is -2.57. The summed E-state index contributed by atoms with van der Waals surface area (Å²) in [6, 6.07) is 15.9. The minimum atomic E-state index is -3.86. The SMILES string of the molecule is CC(C)[C@@H](NS(=O)(=O)c1ccccc1)C(=O)N1CCN(S(=O)(=O)Cc2ccccc2)CC1. The van der Waals surface area contributed by atoms with Crippen molar-refractivity contribution in [2.75, 3.05) is 26.2 Å². The van der Waals surface area contributed by atoms with Crippen LogP contribution in [-0.2, 0) is 30.6 Å². The fourth-order valence-electron chi connectivity index (χ4n) is 3.57. The summed E-state index contributed by atoms with van der Waals surface area (Å²) in [7, 11) is -7.36. The summed E-state index contributed by atoms with van der Waals surface area (Å²) in [6.45, 7) is 4.33. The van der Waals surface area contributed by atoms with Gasteiger partial charge in [-0.25, -0.2) is 16.8 Å². The summed E-state index contributed by atoms with van der Waals surface area (Å²) in [6.07, 6.45) is 0. The minimum absolute atomic E-state index is 0.0900. The molecule has 2 aromatic carbocycles. The Labute approximate surface area is 190 Å². The summed E-state index contributed by atoms with van der Waals surface area (Å²) in [5.74, 6) is -0.715. The number of hydrogen-bond acceptors (Lipinski definition) is 5. The Morgan fingerprint density at radius 1 is 0.875 bits per heavy atom. The van der Waals surface area contributed by atoms with Gasteiger partial charge in [-0.2, -0.15) is 9.03 Å². The van der Waals surface area contributed by atoms with Crippen LogP contribution < -0.4 is 4.72 Å². The average molecular weight is 480 g/mol. The Morgan fingerprint density at radius 2 is 1.41 bits per heavy atom. The van der Waals surface area contributed by atoms with E-state index in [0.717, 1.165) is 0 Å². The highest BCUT2D eigenvalue weighted by Gasteiger charge is 2.35. The summed E-state index contributed by atoms with van der Waals surface area (Å²) >= 11 is 0. The van der Waals surface area contributed by atoms with Crippen molar-refractivity contribution >= 4 is 26.0 Å². The molecule has 0 saturated carbocycles. The van der Waals surface area contributed by atoms with Crippen molar-refractivity contribution in [3.63, 3.8) is 0 Å². The van der Waals surface area contributed by atoms with Crippen molar-refractivity contribution in [2.45, 2.75) is 30.5 Å². The fraction of sp³-hybridized carbons (Fsp3) is 0.409. The molecule has 0 bridgehead atoms. The lowest BCUT2D eigenvalue weighted by Gasteiger charge is -2.36. The Hall–Kier alpha value is -2.27. The Kier molecular flexibility index (Phi) is 7.71. The molecule has 32 heavy (non-hydrogen) atoms. The Bertz CT molecular complexity index is 1110. The summed E-state index contributed by atoms with van der Waals surface area (Å²) in [4.78, 5) is 14.8. The lowest BCUT2D eigenvalue weighted by atomic mass is 10.0. The summed E-state index contributed by atoms with van der Waals surface area (Å²) in [5, 5.41) is 0. The molecule has 174 valence electrons. The molecule has 2 aromatic rings. The van der Waals surface area contributed by atoms with Gasteiger partial charge in [-0.15, -0.1) is 0 Å². The maximum atomic E-state index is 13.1. The third-order valence-corrected chi connectivity index (χ3v) is 8.71. The van der Waals surface area contributed by atoms with Crippen LogP contribution in [-0.4, -0.2) is 64.2 Å². The maximum absolute atomic E-state index is 13.1. The van der Waals surface area contributed by atoms with Crippen LogP contribution in [0.15, 0.2) is 65.6 Å². The van der Waals surface area contributed by atoms with Gasteiger partial charge in [0.05, 0.1) is 10.6 Å². The highest BCUT2D eigenvalue weighted by atomic mass is 32.2. The molecular weight excluding hydrogens is 450 g/mol. The second kappa shape index (κ2) is 10.1. The van der Waals surface area contributed by atoms with Crippen LogP contribution in [0.1, 0.15) is 19.4 Å². The van der Waals surface area contributed by atoms with E-state index in [9.17, 15) is 21.6 Å². The highest BCUT2D eigenvalue weighted by Crippen LogP contribution is 2.17. The topological polar surface area (TPSA) is 104 Å². The van der Waals surface area contributed by atoms with Crippen molar-refractivity contribution in [1.82, 2.24) is 13.9 Å². The van der Waals surface area contributed by atoms with E-state index >= 15 is 0 Å². The number of nitrogens with zero attached hydrogens (tertiary/aromatic N) is 2. The molecule has 0 unspecified atom stereocenters. The van der Waals surface area contributed by atoms with Crippen LogP contribution in [0, 0.1) is 5.92 Å². The van der Waals surface area contributed by atoms with E-state index in [2.05, 4.69) is 4.72 Å². The number of piperazine rings is 1. The number of nitrogens with one attached hydrogen (secondary N) is 1. The number of carbonyl (C=O) groups is 1. The molecule has 1 fully saturated rings. The number of benzene rings is 2. The molecule has 1 N–H and O–H groups in total. The first-order chi connectivity index (χ1) is 15.1. The van der Waals surface area contributed by atoms with Gasteiger partial charge < -0.3 is 4.90 Å². The van der Waals surface area contributed by atoms with Crippen LogP contribution in [0.25, 0.3) is 0 Å². The third kappa shape index (κ3) is 5.94. The average Bonchev–Trinajstić information content (AvgIpc) is 2.78. The molecule has 0 spiro atoms. The van der Waals surface area contributed by atoms with E-state index in [-0.39, 0.29) is 48.7 Å². The van der Waals surface area contributed by atoms with E-state index in [1.807, 2.05) is 6.07 Å². The van der Waals surface area contributed by atoms with E-state index in [1.54, 1.807) is 56.3 Å². The van der Waals surface area contributed by atoms with Crippen LogP contribution in [0.4, 0.5) is 0 Å². The van der Waals surface area contributed by atoms with E-state index in [1.165, 1.54) is 21.3 Å². The van der Waals surface area contributed by atoms with Gasteiger partial charge in [0.1, 0.15) is 6.04 Å². The molecule has 1 aliphatic rings. The third-order valence-electron chi connectivity index (χ3n) is 5.40. The van der Waals surface area contributed by atoms with Crippen LogP contribution in [0.5, 0.6) is 0 Å². The van der Waals surface area contributed by atoms with Gasteiger partial charge in [-0.05, 0) is 23.6 Å². The van der Waals surface area contributed by atoms with Crippen molar-refractivity contribution in [3.05, 3.63) is 66.2 Å². The molecule has 1 aliphatic heterocycles. The molecule has 1 amide bonds. The zero-order chi connectivity index (χ0) is 23.4. The number of rotatable bonds is 8. The molecule has 0 radical (unpaired) electrons. The predicted octanol–water partition coefficient (Wildman–Crippen LogP) is 1.66. The van der Waals surface area contributed by atoms with E-state index in [4.69, 9.17) is 0 Å². The monoisotopic (exact) mass is 479 g/mol. The van der Waals surface area contributed by atoms with Gasteiger partial charge in [0.25, 0.3) is 0 Å². The first kappa shape index (κ1) is 24.4. The fourth-order valence-corrected chi connectivity index (χ4v) is 6.44. The Morgan fingerprint density at radius 3 is 1.94 bits per heavy atom. The standard InChI is InChI=1S/C22H29N3O5S2/c1-18(2)21(23-32(29,30)20-11-7-4-8-12-20)22(26)24-13-15-25(16-14-24)31(27,28)17-19-9-5-3-6-10-19/h3-12,18,21,23H,13-17H2,1-2H3/t21-/m1/s1. The number of sulfonamides is 2. The van der Waals surface area contributed by atoms with Crippen LogP contribution in [0.2, 0.25) is 0 Å². The molecule has 1 heterocycles. The molecule has 0 aliphatic carbocycles. The second-order valence-corrected chi connectivity index (χ2v) is 11.8. The molecule has 10 heteroatoms. The first-order valence-electron chi connectivity index (χ1n) is 10.5.